The van der Waals surface area contributed by atoms with Gasteiger partial charge in [-0.2, -0.15) is 0 Å². The number of carbonyl (C=O) groups excluding carboxylic acids is 1. The van der Waals surface area contributed by atoms with E-state index in [-0.39, 0.29) is 11.3 Å². The third kappa shape index (κ3) is 3.03. The number of anilines is 1. The normalized spacial score (nSPS) is 9.82. The van der Waals surface area contributed by atoms with Gasteiger partial charge in [-0.25, -0.2) is 4.79 Å². The molecule has 94 valence electrons. The fourth-order valence-electron chi connectivity index (χ4n) is 1.37. The van der Waals surface area contributed by atoms with Gasteiger partial charge in [0.1, 0.15) is 17.1 Å². The van der Waals surface area contributed by atoms with Crippen LogP contribution in [0.15, 0.2) is 12.1 Å². The quantitative estimate of drug-likeness (QED) is 0.627. The molecule has 0 heterocycles. The Bertz CT molecular complexity index is 404. The molecule has 1 aromatic rings. The molecule has 0 atom stereocenters. The Labute approximate surface area is 100 Å². The number of rotatable bonds is 5. The number of nitrogens with two attached hydrogens (primary N) is 1. The first-order chi connectivity index (χ1) is 8.13. The molecule has 0 spiro atoms. The first-order valence-electron chi connectivity index (χ1n) is 5.32. The van der Waals surface area contributed by atoms with Crippen LogP contribution in [0, 0.1) is 0 Å². The van der Waals surface area contributed by atoms with Gasteiger partial charge in [-0.05, 0) is 6.42 Å². The van der Waals surface area contributed by atoms with Crippen LogP contribution >= 0.6 is 0 Å². The maximum atomic E-state index is 11.8. The van der Waals surface area contributed by atoms with Crippen molar-refractivity contribution in [1.29, 1.82) is 0 Å². The predicted octanol–water partition coefficient (Wildman–Crippen LogP) is 1.85. The molecule has 0 aliphatic rings. The SMILES string of the molecule is CCCOC(=O)c1c(N)cc(OC)cc1OC. The standard InChI is InChI=1S/C12H17NO4/c1-4-5-17-12(14)11-9(13)6-8(15-2)7-10(11)16-3/h6-7H,4-5,13H2,1-3H3. The van der Waals surface area contributed by atoms with Gasteiger partial charge in [0.25, 0.3) is 0 Å². The molecule has 0 fully saturated rings. The minimum absolute atomic E-state index is 0.238. The molecule has 1 aromatic carbocycles. The van der Waals surface area contributed by atoms with Crippen molar-refractivity contribution in [3.63, 3.8) is 0 Å². The van der Waals surface area contributed by atoms with Crippen molar-refractivity contribution in [2.24, 2.45) is 0 Å². The molecule has 2 N–H and O–H groups in total. The zero-order valence-electron chi connectivity index (χ0n) is 10.3. The van der Waals surface area contributed by atoms with Gasteiger partial charge in [0, 0.05) is 12.1 Å². The Morgan fingerprint density at radius 2 is 2.00 bits per heavy atom. The van der Waals surface area contributed by atoms with Crippen molar-refractivity contribution in [2.75, 3.05) is 26.6 Å². The highest BCUT2D eigenvalue weighted by molar-refractivity contribution is 5.98. The molecule has 0 amide bonds. The van der Waals surface area contributed by atoms with Gasteiger partial charge >= 0.3 is 5.97 Å². The Kier molecular flexibility index (Phi) is 4.63. The second-order valence-corrected chi connectivity index (χ2v) is 3.43. The number of methoxy groups -OCH3 is 2. The van der Waals surface area contributed by atoms with Gasteiger partial charge in [0.15, 0.2) is 0 Å². The molecule has 1 rings (SSSR count). The first kappa shape index (κ1) is 13.2. The van der Waals surface area contributed by atoms with E-state index in [2.05, 4.69) is 0 Å². The van der Waals surface area contributed by atoms with Crippen molar-refractivity contribution < 1.29 is 19.0 Å². The van der Waals surface area contributed by atoms with Crippen LogP contribution in [0.4, 0.5) is 5.69 Å². The molecular formula is C12H17NO4. The zero-order valence-corrected chi connectivity index (χ0v) is 10.3. The third-order valence-corrected chi connectivity index (χ3v) is 2.20. The fourth-order valence-corrected chi connectivity index (χ4v) is 1.37. The Morgan fingerprint density at radius 3 is 2.53 bits per heavy atom. The lowest BCUT2D eigenvalue weighted by molar-refractivity contribution is 0.0503. The van der Waals surface area contributed by atoms with E-state index in [0.717, 1.165) is 6.42 Å². The van der Waals surface area contributed by atoms with Crippen LogP contribution < -0.4 is 15.2 Å². The summed E-state index contributed by atoms with van der Waals surface area (Å²) in [4.78, 5) is 11.8. The predicted molar refractivity (Wildman–Crippen MR) is 64.5 cm³/mol. The summed E-state index contributed by atoms with van der Waals surface area (Å²) in [6.45, 7) is 2.27. The highest BCUT2D eigenvalue weighted by Gasteiger charge is 2.18. The largest absolute Gasteiger partial charge is 0.497 e. The van der Waals surface area contributed by atoms with Crippen molar-refractivity contribution in [1.82, 2.24) is 0 Å². The summed E-state index contributed by atoms with van der Waals surface area (Å²) in [5.41, 5.74) is 6.30. The van der Waals surface area contributed by atoms with E-state index in [0.29, 0.717) is 18.1 Å². The Balaban J connectivity index is 3.09. The number of esters is 1. The fraction of sp³-hybridized carbons (Fsp3) is 0.417. The summed E-state index contributed by atoms with van der Waals surface area (Å²) < 4.78 is 15.2. The van der Waals surface area contributed by atoms with Gasteiger partial charge in [0.05, 0.1) is 26.5 Å². The third-order valence-electron chi connectivity index (χ3n) is 2.20. The summed E-state index contributed by atoms with van der Waals surface area (Å²) in [5, 5.41) is 0. The topological polar surface area (TPSA) is 70.8 Å². The molecule has 0 saturated carbocycles. The molecule has 0 radical (unpaired) electrons. The van der Waals surface area contributed by atoms with Crippen molar-refractivity contribution in [3.05, 3.63) is 17.7 Å². The van der Waals surface area contributed by atoms with Gasteiger partial charge < -0.3 is 19.9 Å². The number of nitrogen functional groups attached to an aromatic ring is 1. The zero-order chi connectivity index (χ0) is 12.8. The number of benzene rings is 1. The molecule has 0 bridgehead atoms. The van der Waals surface area contributed by atoms with Gasteiger partial charge in [0.2, 0.25) is 0 Å². The summed E-state index contributed by atoms with van der Waals surface area (Å²) >= 11 is 0. The van der Waals surface area contributed by atoms with Gasteiger partial charge in [-0.1, -0.05) is 6.92 Å². The lowest BCUT2D eigenvalue weighted by atomic mass is 10.1. The maximum absolute atomic E-state index is 11.8. The highest BCUT2D eigenvalue weighted by Crippen LogP contribution is 2.31. The molecule has 0 unspecified atom stereocenters. The minimum Gasteiger partial charge on any atom is -0.497 e. The second-order valence-electron chi connectivity index (χ2n) is 3.43. The average Bonchev–Trinajstić information content (AvgIpc) is 2.34. The smallest absolute Gasteiger partial charge is 0.344 e. The summed E-state index contributed by atoms with van der Waals surface area (Å²) in [6.07, 6.45) is 0.754. The Morgan fingerprint density at radius 1 is 1.29 bits per heavy atom. The van der Waals surface area contributed by atoms with E-state index >= 15 is 0 Å². The molecule has 0 aliphatic heterocycles. The van der Waals surface area contributed by atoms with Crippen LogP contribution in [-0.4, -0.2) is 26.8 Å². The molecule has 17 heavy (non-hydrogen) atoms. The second kappa shape index (κ2) is 5.98. The van der Waals surface area contributed by atoms with E-state index in [1.165, 1.54) is 14.2 Å². The van der Waals surface area contributed by atoms with E-state index in [1.807, 2.05) is 6.92 Å². The molecule has 0 aliphatic carbocycles. The lowest BCUT2D eigenvalue weighted by Crippen LogP contribution is -2.11. The molecule has 0 saturated heterocycles. The van der Waals surface area contributed by atoms with E-state index in [9.17, 15) is 4.79 Å². The van der Waals surface area contributed by atoms with Crippen LogP contribution in [0.1, 0.15) is 23.7 Å². The summed E-state index contributed by atoms with van der Waals surface area (Å²) in [7, 11) is 2.98. The molecule has 0 aromatic heterocycles. The lowest BCUT2D eigenvalue weighted by Gasteiger charge is -2.12. The first-order valence-corrected chi connectivity index (χ1v) is 5.32. The number of carbonyl (C=O) groups is 1. The van der Waals surface area contributed by atoms with E-state index in [1.54, 1.807) is 12.1 Å². The molecular weight excluding hydrogens is 222 g/mol. The molecule has 5 nitrogen and oxygen atoms in total. The average molecular weight is 239 g/mol. The molecule has 5 heteroatoms. The van der Waals surface area contributed by atoms with Crippen molar-refractivity contribution >= 4 is 11.7 Å². The maximum Gasteiger partial charge on any atom is 0.344 e. The number of hydrogen-bond acceptors (Lipinski definition) is 5. The number of ether oxygens (including phenoxy) is 3. The van der Waals surface area contributed by atoms with Crippen molar-refractivity contribution in [2.45, 2.75) is 13.3 Å². The van der Waals surface area contributed by atoms with E-state index < -0.39 is 5.97 Å². The van der Waals surface area contributed by atoms with Crippen LogP contribution in [0.5, 0.6) is 11.5 Å². The number of hydrogen-bond donors (Lipinski definition) is 1. The Hall–Kier alpha value is -1.91. The highest BCUT2D eigenvalue weighted by atomic mass is 16.5. The monoisotopic (exact) mass is 239 g/mol. The van der Waals surface area contributed by atoms with Crippen LogP contribution in [0.2, 0.25) is 0 Å². The van der Waals surface area contributed by atoms with Crippen LogP contribution in [-0.2, 0) is 4.74 Å². The summed E-state index contributed by atoms with van der Waals surface area (Å²) in [5.74, 6) is 0.401. The summed E-state index contributed by atoms with van der Waals surface area (Å²) in [6, 6.07) is 3.16. The van der Waals surface area contributed by atoms with E-state index in [4.69, 9.17) is 19.9 Å². The minimum atomic E-state index is -0.483. The van der Waals surface area contributed by atoms with Crippen molar-refractivity contribution in [3.8, 4) is 11.5 Å². The van der Waals surface area contributed by atoms with Gasteiger partial charge in [-0.15, -0.1) is 0 Å². The van der Waals surface area contributed by atoms with Gasteiger partial charge in [-0.3, -0.25) is 0 Å². The van der Waals surface area contributed by atoms with Crippen LogP contribution in [0.3, 0.4) is 0 Å². The van der Waals surface area contributed by atoms with Crippen LogP contribution in [0.25, 0.3) is 0 Å².